The summed E-state index contributed by atoms with van der Waals surface area (Å²) in [5, 5.41) is 7.07. The van der Waals surface area contributed by atoms with Gasteiger partial charge in [0, 0.05) is 0 Å². The first-order valence-corrected chi connectivity index (χ1v) is 11.6. The summed E-state index contributed by atoms with van der Waals surface area (Å²) < 4.78 is 7.42. The smallest absolute Gasteiger partial charge is 0.352 e. The zero-order valence-corrected chi connectivity index (χ0v) is 20.7. The van der Waals surface area contributed by atoms with Gasteiger partial charge in [0.05, 0.1) is 25.4 Å². The van der Waals surface area contributed by atoms with Crippen molar-refractivity contribution in [3.8, 4) is 11.4 Å². The van der Waals surface area contributed by atoms with E-state index in [4.69, 9.17) is 4.74 Å². The molecule has 0 radical (unpaired) electrons. The summed E-state index contributed by atoms with van der Waals surface area (Å²) in [6.07, 6.45) is 0. The third kappa shape index (κ3) is 5.27. The number of aromatic nitrogens is 3. The summed E-state index contributed by atoms with van der Waals surface area (Å²) in [7, 11) is 1.54. The van der Waals surface area contributed by atoms with Gasteiger partial charge in [-0.2, -0.15) is 9.78 Å². The van der Waals surface area contributed by atoms with Gasteiger partial charge in [0.1, 0.15) is 5.75 Å². The second kappa shape index (κ2) is 10.4. The Kier molecular flexibility index (Phi) is 7.15. The lowest BCUT2D eigenvalue weighted by molar-refractivity contribution is 0.0930. The lowest BCUT2D eigenvalue weighted by Gasteiger charge is -2.16. The number of carbonyl (C=O) groups excluding carboxylic acids is 1. The van der Waals surface area contributed by atoms with Crippen LogP contribution in [0.2, 0.25) is 0 Å². The van der Waals surface area contributed by atoms with Crippen molar-refractivity contribution in [2.45, 2.75) is 33.4 Å². The highest BCUT2D eigenvalue weighted by Crippen LogP contribution is 2.15. The van der Waals surface area contributed by atoms with Crippen molar-refractivity contribution in [3.05, 3.63) is 122 Å². The van der Waals surface area contributed by atoms with E-state index in [0.29, 0.717) is 17.0 Å². The van der Waals surface area contributed by atoms with Crippen molar-refractivity contribution in [1.82, 2.24) is 19.7 Å². The number of nitrogens with one attached hydrogen (secondary N) is 1. The lowest BCUT2D eigenvalue weighted by atomic mass is 10.1. The largest absolute Gasteiger partial charge is 0.497 e. The molecule has 0 aliphatic rings. The van der Waals surface area contributed by atoms with Crippen LogP contribution >= 0.6 is 0 Å². The SMILES string of the molecule is COc1cccc(Cn2c(=O)c(C(=O)N[C@H](C)c3ccccc3)nn(-c3cc(C)cc(C)c3)c2=O)c1. The van der Waals surface area contributed by atoms with Gasteiger partial charge < -0.3 is 10.1 Å². The van der Waals surface area contributed by atoms with Gasteiger partial charge in [0.25, 0.3) is 11.5 Å². The topological polar surface area (TPSA) is 95.2 Å². The van der Waals surface area contributed by atoms with Gasteiger partial charge in [-0.3, -0.25) is 14.2 Å². The van der Waals surface area contributed by atoms with Crippen LogP contribution in [0, 0.1) is 13.8 Å². The maximum atomic E-state index is 13.5. The van der Waals surface area contributed by atoms with Crippen LogP contribution in [0.15, 0.2) is 82.4 Å². The van der Waals surface area contributed by atoms with Gasteiger partial charge in [0.2, 0.25) is 5.69 Å². The molecule has 1 atom stereocenters. The Morgan fingerprint density at radius 1 is 0.972 bits per heavy atom. The average Bonchev–Trinajstić information content (AvgIpc) is 2.86. The monoisotopic (exact) mass is 484 g/mol. The molecule has 0 fully saturated rings. The predicted molar refractivity (Wildman–Crippen MR) is 138 cm³/mol. The molecule has 0 bridgehead atoms. The first-order valence-electron chi connectivity index (χ1n) is 11.6. The summed E-state index contributed by atoms with van der Waals surface area (Å²) >= 11 is 0. The third-order valence-corrected chi connectivity index (χ3v) is 5.85. The van der Waals surface area contributed by atoms with E-state index >= 15 is 0 Å². The Balaban J connectivity index is 1.84. The normalized spacial score (nSPS) is 11.7. The van der Waals surface area contributed by atoms with Crippen molar-refractivity contribution in [3.63, 3.8) is 0 Å². The second-order valence-electron chi connectivity index (χ2n) is 8.74. The van der Waals surface area contributed by atoms with Crippen LogP contribution in [-0.2, 0) is 6.54 Å². The highest BCUT2D eigenvalue weighted by atomic mass is 16.5. The van der Waals surface area contributed by atoms with Crippen molar-refractivity contribution in [2.75, 3.05) is 7.11 Å². The standard InChI is InChI=1S/C28H28N4O4/c1-18-13-19(2)15-23(14-18)32-28(35)31(17-21-9-8-12-24(16-21)36-4)27(34)25(30-32)26(33)29-20(3)22-10-6-5-7-11-22/h5-16,20H,17H2,1-4H3,(H,29,33)/t20-/m1/s1. The highest BCUT2D eigenvalue weighted by Gasteiger charge is 2.22. The molecule has 8 heteroatoms. The van der Waals surface area contributed by atoms with Crippen LogP contribution < -0.4 is 21.3 Å². The summed E-state index contributed by atoms with van der Waals surface area (Å²) in [5.74, 6) is -0.0623. The maximum absolute atomic E-state index is 13.5. The van der Waals surface area contributed by atoms with E-state index in [1.807, 2.05) is 57.2 Å². The molecule has 0 saturated carbocycles. The molecule has 0 aliphatic carbocycles. The van der Waals surface area contributed by atoms with Crippen LogP contribution in [0.25, 0.3) is 5.69 Å². The number of ether oxygens (including phenoxy) is 1. The third-order valence-electron chi connectivity index (χ3n) is 5.85. The molecule has 1 amide bonds. The fraction of sp³-hybridized carbons (Fsp3) is 0.214. The van der Waals surface area contributed by atoms with Gasteiger partial charge >= 0.3 is 5.69 Å². The van der Waals surface area contributed by atoms with Crippen LogP contribution in [0.3, 0.4) is 0 Å². The fourth-order valence-corrected chi connectivity index (χ4v) is 4.08. The van der Waals surface area contributed by atoms with Crippen molar-refractivity contribution in [1.29, 1.82) is 0 Å². The number of methoxy groups -OCH3 is 1. The number of hydrogen-bond acceptors (Lipinski definition) is 5. The Labute approximate surface area is 208 Å². The number of rotatable bonds is 7. The summed E-state index contributed by atoms with van der Waals surface area (Å²) in [5.41, 5.74) is 2.12. The Hall–Kier alpha value is -4.46. The van der Waals surface area contributed by atoms with Crippen LogP contribution in [0.5, 0.6) is 5.75 Å². The number of hydrogen-bond donors (Lipinski definition) is 1. The van der Waals surface area contributed by atoms with E-state index in [9.17, 15) is 14.4 Å². The molecule has 184 valence electrons. The quantitative estimate of drug-likeness (QED) is 0.433. The second-order valence-corrected chi connectivity index (χ2v) is 8.74. The van der Waals surface area contributed by atoms with E-state index in [1.54, 1.807) is 43.5 Å². The average molecular weight is 485 g/mol. The predicted octanol–water partition coefficient (Wildman–Crippen LogP) is 3.56. The Morgan fingerprint density at radius 2 is 1.67 bits per heavy atom. The molecular weight excluding hydrogens is 456 g/mol. The fourth-order valence-electron chi connectivity index (χ4n) is 4.08. The van der Waals surface area contributed by atoms with Crippen LogP contribution in [-0.4, -0.2) is 27.4 Å². The summed E-state index contributed by atoms with van der Waals surface area (Å²) in [4.78, 5) is 40.2. The van der Waals surface area contributed by atoms with Crippen molar-refractivity contribution >= 4 is 5.91 Å². The number of benzene rings is 3. The summed E-state index contributed by atoms with van der Waals surface area (Å²) in [6, 6.07) is 21.7. The van der Waals surface area contributed by atoms with Crippen molar-refractivity contribution in [2.24, 2.45) is 0 Å². The molecule has 1 aromatic heterocycles. The maximum Gasteiger partial charge on any atom is 0.352 e. The van der Waals surface area contributed by atoms with Gasteiger partial charge in [-0.15, -0.1) is 0 Å². The number of aryl methyl sites for hydroxylation is 2. The molecule has 0 unspecified atom stereocenters. The van der Waals surface area contributed by atoms with Crippen LogP contribution in [0.4, 0.5) is 0 Å². The number of amides is 1. The first kappa shape index (κ1) is 24.7. The molecule has 1 heterocycles. The zero-order chi connectivity index (χ0) is 25.8. The van der Waals surface area contributed by atoms with Crippen molar-refractivity contribution < 1.29 is 9.53 Å². The lowest BCUT2D eigenvalue weighted by Crippen LogP contribution is -2.46. The van der Waals surface area contributed by atoms with E-state index in [0.717, 1.165) is 25.9 Å². The molecule has 0 aliphatic heterocycles. The highest BCUT2D eigenvalue weighted by molar-refractivity contribution is 5.92. The van der Waals surface area contributed by atoms with E-state index in [1.165, 1.54) is 0 Å². The van der Waals surface area contributed by atoms with Gasteiger partial charge in [0.15, 0.2) is 0 Å². The number of carbonyl (C=O) groups is 1. The number of nitrogens with zero attached hydrogens (tertiary/aromatic N) is 3. The summed E-state index contributed by atoms with van der Waals surface area (Å²) in [6.45, 7) is 5.59. The first-order chi connectivity index (χ1) is 17.3. The molecule has 36 heavy (non-hydrogen) atoms. The molecular formula is C28H28N4O4. The van der Waals surface area contributed by atoms with Gasteiger partial charge in [-0.05, 0) is 67.3 Å². The Morgan fingerprint density at radius 3 is 2.33 bits per heavy atom. The molecule has 0 spiro atoms. The Bertz CT molecular complexity index is 1500. The molecule has 4 rings (SSSR count). The van der Waals surface area contributed by atoms with Gasteiger partial charge in [-0.25, -0.2) is 4.79 Å². The van der Waals surface area contributed by atoms with Crippen LogP contribution in [0.1, 0.15) is 45.7 Å². The van der Waals surface area contributed by atoms with E-state index < -0.39 is 17.2 Å². The molecule has 1 N–H and O–H groups in total. The molecule has 3 aromatic carbocycles. The minimum absolute atomic E-state index is 0.0449. The van der Waals surface area contributed by atoms with E-state index in [2.05, 4.69) is 10.4 Å². The van der Waals surface area contributed by atoms with E-state index in [-0.39, 0.29) is 18.3 Å². The molecule has 8 nitrogen and oxygen atoms in total. The molecule has 0 saturated heterocycles. The zero-order valence-electron chi connectivity index (χ0n) is 20.7. The van der Waals surface area contributed by atoms with Gasteiger partial charge in [-0.1, -0.05) is 48.5 Å². The molecule has 4 aromatic rings. The minimum Gasteiger partial charge on any atom is -0.497 e. The minimum atomic E-state index is -0.763.